The Morgan fingerprint density at radius 3 is 2.43 bits per heavy atom. The number of pyridine rings is 1. The maximum absolute atomic E-state index is 13.1. The van der Waals surface area contributed by atoms with Gasteiger partial charge in [-0.05, 0) is 50.6 Å². The number of anilines is 1. The van der Waals surface area contributed by atoms with Gasteiger partial charge in [0.1, 0.15) is 4.83 Å². The highest BCUT2D eigenvalue weighted by Gasteiger charge is 2.22. The van der Waals surface area contributed by atoms with Gasteiger partial charge in [0.15, 0.2) is 0 Å². The molecule has 0 unspecified atom stereocenters. The van der Waals surface area contributed by atoms with Crippen molar-refractivity contribution in [2.24, 2.45) is 0 Å². The Balaban J connectivity index is 1.91. The zero-order valence-corrected chi connectivity index (χ0v) is 19.6. The van der Waals surface area contributed by atoms with Gasteiger partial charge in [-0.3, -0.25) is 4.72 Å². The number of halogens is 2. The molecule has 1 N–H and O–H groups in total. The summed E-state index contributed by atoms with van der Waals surface area (Å²) in [5.74, 6) is 0. The van der Waals surface area contributed by atoms with E-state index in [2.05, 4.69) is 15.8 Å². The van der Waals surface area contributed by atoms with Crippen LogP contribution in [0.15, 0.2) is 53.4 Å². The van der Waals surface area contributed by atoms with Crippen LogP contribution in [-0.4, -0.2) is 13.4 Å². The summed E-state index contributed by atoms with van der Waals surface area (Å²) in [4.78, 5) is 6.54. The molecule has 0 fully saturated rings. The topological polar surface area (TPSA) is 59.1 Å². The van der Waals surface area contributed by atoms with E-state index in [1.165, 1.54) is 18.2 Å². The lowest BCUT2D eigenvalue weighted by Crippen LogP contribution is -2.13. The molecule has 0 bridgehead atoms. The van der Waals surface area contributed by atoms with Crippen molar-refractivity contribution in [3.05, 3.63) is 74.7 Å². The fraction of sp³-hybridized carbons (Fsp3) is 0.136. The molecule has 8 heteroatoms. The standard InChI is InChI=1S/C22H18Cl2N2O2S2/c1-12-5-4-6-15(9-12)20-14(3)29-22-21(20)19(10-13(2)25-22)26-30(27,28)16-7-8-17(23)18(24)11-16/h4-11H,1-3H3,(H,25,26). The number of rotatable bonds is 4. The number of nitrogens with one attached hydrogen (secondary N) is 1. The Morgan fingerprint density at radius 1 is 0.967 bits per heavy atom. The average molecular weight is 477 g/mol. The fourth-order valence-electron chi connectivity index (χ4n) is 3.41. The normalized spacial score (nSPS) is 11.8. The molecule has 2 heterocycles. The summed E-state index contributed by atoms with van der Waals surface area (Å²) in [5, 5.41) is 1.27. The Hall–Kier alpha value is -2.12. The third-order valence-electron chi connectivity index (χ3n) is 4.72. The molecule has 2 aromatic heterocycles. The highest BCUT2D eigenvalue weighted by Crippen LogP contribution is 2.42. The smallest absolute Gasteiger partial charge is 0.261 e. The number of sulfonamides is 1. The average Bonchev–Trinajstić information content (AvgIpc) is 2.99. The molecule has 0 saturated heterocycles. The van der Waals surface area contributed by atoms with Crippen molar-refractivity contribution in [2.75, 3.05) is 4.72 Å². The van der Waals surface area contributed by atoms with E-state index in [0.717, 1.165) is 37.5 Å². The predicted molar refractivity (Wildman–Crippen MR) is 127 cm³/mol. The molecule has 0 aliphatic heterocycles. The summed E-state index contributed by atoms with van der Waals surface area (Å²) in [6.45, 7) is 5.90. The number of benzene rings is 2. The van der Waals surface area contributed by atoms with E-state index in [4.69, 9.17) is 23.2 Å². The minimum absolute atomic E-state index is 0.0450. The molecule has 0 atom stereocenters. The zero-order chi connectivity index (χ0) is 21.6. The Morgan fingerprint density at radius 2 is 1.73 bits per heavy atom. The summed E-state index contributed by atoms with van der Waals surface area (Å²) >= 11 is 13.5. The van der Waals surface area contributed by atoms with Crippen LogP contribution in [0.5, 0.6) is 0 Å². The second kappa shape index (κ2) is 7.85. The van der Waals surface area contributed by atoms with Crippen LogP contribution in [0, 0.1) is 20.8 Å². The van der Waals surface area contributed by atoms with E-state index < -0.39 is 10.0 Å². The van der Waals surface area contributed by atoms with Crippen molar-refractivity contribution in [2.45, 2.75) is 25.7 Å². The van der Waals surface area contributed by atoms with Gasteiger partial charge in [-0.2, -0.15) is 0 Å². The maximum atomic E-state index is 13.1. The van der Waals surface area contributed by atoms with Crippen LogP contribution in [0.4, 0.5) is 5.69 Å². The van der Waals surface area contributed by atoms with E-state index >= 15 is 0 Å². The third-order valence-corrected chi connectivity index (χ3v) is 7.82. The van der Waals surface area contributed by atoms with Crippen LogP contribution in [0.1, 0.15) is 16.1 Å². The second-order valence-electron chi connectivity index (χ2n) is 7.08. The highest BCUT2D eigenvalue weighted by molar-refractivity contribution is 7.92. The van der Waals surface area contributed by atoms with E-state index in [-0.39, 0.29) is 9.92 Å². The van der Waals surface area contributed by atoms with E-state index in [1.807, 2.05) is 39.0 Å². The highest BCUT2D eigenvalue weighted by atomic mass is 35.5. The number of thiophene rings is 1. The molecule has 2 aromatic carbocycles. The van der Waals surface area contributed by atoms with Gasteiger partial charge in [0.25, 0.3) is 10.0 Å². The van der Waals surface area contributed by atoms with Crippen LogP contribution in [-0.2, 0) is 10.0 Å². The van der Waals surface area contributed by atoms with Gasteiger partial charge >= 0.3 is 0 Å². The number of hydrogen-bond acceptors (Lipinski definition) is 4. The van der Waals surface area contributed by atoms with Gasteiger partial charge in [-0.1, -0.05) is 53.0 Å². The van der Waals surface area contributed by atoms with Crippen molar-refractivity contribution < 1.29 is 8.42 Å². The first-order chi connectivity index (χ1) is 14.2. The predicted octanol–water partition coefficient (Wildman–Crippen LogP) is 7.00. The molecule has 4 nitrogen and oxygen atoms in total. The number of hydrogen-bond donors (Lipinski definition) is 1. The lowest BCUT2D eigenvalue weighted by Gasteiger charge is -2.13. The number of aromatic nitrogens is 1. The van der Waals surface area contributed by atoms with E-state index in [9.17, 15) is 8.42 Å². The first-order valence-electron chi connectivity index (χ1n) is 9.11. The van der Waals surface area contributed by atoms with Crippen molar-refractivity contribution in [1.82, 2.24) is 4.98 Å². The van der Waals surface area contributed by atoms with Crippen molar-refractivity contribution in [3.63, 3.8) is 0 Å². The summed E-state index contributed by atoms with van der Waals surface area (Å²) in [5.41, 5.74) is 4.36. The van der Waals surface area contributed by atoms with Gasteiger partial charge in [-0.25, -0.2) is 13.4 Å². The summed E-state index contributed by atoms with van der Waals surface area (Å²) in [7, 11) is -3.87. The van der Waals surface area contributed by atoms with Crippen LogP contribution in [0.25, 0.3) is 21.3 Å². The molecule has 0 saturated carbocycles. The molecule has 0 amide bonds. The molecule has 0 aliphatic carbocycles. The van der Waals surface area contributed by atoms with Gasteiger partial charge in [0, 0.05) is 21.5 Å². The minimum Gasteiger partial charge on any atom is -0.279 e. The molecule has 4 rings (SSSR count). The Bertz CT molecular complexity index is 1400. The van der Waals surface area contributed by atoms with Crippen molar-refractivity contribution in [3.8, 4) is 11.1 Å². The van der Waals surface area contributed by atoms with Gasteiger partial charge in [0.05, 0.1) is 20.6 Å². The Labute approximate surface area is 189 Å². The van der Waals surface area contributed by atoms with Gasteiger partial charge in [-0.15, -0.1) is 11.3 Å². The zero-order valence-electron chi connectivity index (χ0n) is 16.5. The third kappa shape index (κ3) is 3.93. The number of nitrogens with zero attached hydrogens (tertiary/aromatic N) is 1. The minimum atomic E-state index is -3.87. The molecular weight excluding hydrogens is 459 g/mol. The molecule has 30 heavy (non-hydrogen) atoms. The SMILES string of the molecule is Cc1cccc(-c2c(C)sc3nc(C)cc(NS(=O)(=O)c4ccc(Cl)c(Cl)c4)c23)c1. The summed E-state index contributed by atoms with van der Waals surface area (Å²) in [6, 6.07) is 14.1. The molecular formula is C22H18Cl2N2O2S2. The van der Waals surface area contributed by atoms with Crippen LogP contribution in [0.3, 0.4) is 0 Å². The fourth-order valence-corrected chi connectivity index (χ4v) is 5.98. The number of fused-ring (bicyclic) bond motifs is 1. The van der Waals surface area contributed by atoms with Crippen LogP contribution < -0.4 is 4.72 Å². The molecule has 0 radical (unpaired) electrons. The molecule has 0 spiro atoms. The largest absolute Gasteiger partial charge is 0.279 e. The maximum Gasteiger partial charge on any atom is 0.261 e. The first kappa shape index (κ1) is 21.1. The number of aryl methyl sites for hydroxylation is 3. The summed E-state index contributed by atoms with van der Waals surface area (Å²) in [6.07, 6.45) is 0. The quantitative estimate of drug-likeness (QED) is 0.344. The molecule has 154 valence electrons. The van der Waals surface area contributed by atoms with E-state index in [1.54, 1.807) is 17.4 Å². The van der Waals surface area contributed by atoms with Gasteiger partial charge in [0.2, 0.25) is 0 Å². The van der Waals surface area contributed by atoms with Gasteiger partial charge < -0.3 is 0 Å². The van der Waals surface area contributed by atoms with Crippen LogP contribution >= 0.6 is 34.5 Å². The lowest BCUT2D eigenvalue weighted by molar-refractivity contribution is 0.601. The lowest BCUT2D eigenvalue weighted by atomic mass is 10.0. The summed E-state index contributed by atoms with van der Waals surface area (Å²) < 4.78 is 28.9. The first-order valence-corrected chi connectivity index (χ1v) is 12.2. The van der Waals surface area contributed by atoms with Crippen molar-refractivity contribution in [1.29, 1.82) is 0 Å². The Kier molecular flexibility index (Phi) is 5.53. The van der Waals surface area contributed by atoms with Crippen molar-refractivity contribution >= 4 is 60.5 Å². The van der Waals surface area contributed by atoms with E-state index in [0.29, 0.717) is 10.7 Å². The molecule has 4 aromatic rings. The van der Waals surface area contributed by atoms with Crippen LogP contribution in [0.2, 0.25) is 10.0 Å². The monoisotopic (exact) mass is 476 g/mol. The molecule has 0 aliphatic rings. The second-order valence-corrected chi connectivity index (χ2v) is 10.8.